The minimum Gasteiger partial charge on any atom is -0.350 e. The lowest BCUT2D eigenvalue weighted by Crippen LogP contribution is -2.37. The Morgan fingerprint density at radius 2 is 2.19 bits per heavy atom. The molecular weight excluding hydrogens is 338 g/mol. The van der Waals surface area contributed by atoms with Crippen molar-refractivity contribution in [1.29, 1.82) is 0 Å². The molecule has 0 N–H and O–H groups in total. The standard InChI is InChI=1S/C16H17N7O3/c1-20-10-17-19-14(20)11-5-4-7-21(9-11)15-13(23(25)26)16(24)22-8-3-2-6-12(22)18-15/h2-3,6,8,10-11H,4-5,7,9H2,1H3. The number of aromatic nitrogens is 5. The Kier molecular flexibility index (Phi) is 3.86. The maximum absolute atomic E-state index is 12.6. The highest BCUT2D eigenvalue weighted by atomic mass is 16.6. The van der Waals surface area contributed by atoms with Crippen LogP contribution in [-0.4, -0.2) is 42.2 Å². The number of hydrogen-bond acceptors (Lipinski definition) is 7. The third kappa shape index (κ3) is 2.59. The molecule has 4 rings (SSSR count). The van der Waals surface area contributed by atoms with Gasteiger partial charge in [0.25, 0.3) is 0 Å². The summed E-state index contributed by atoms with van der Waals surface area (Å²) in [5, 5.41) is 19.7. The summed E-state index contributed by atoms with van der Waals surface area (Å²) in [5.74, 6) is 1.03. The van der Waals surface area contributed by atoms with Gasteiger partial charge in [-0.3, -0.25) is 19.3 Å². The largest absolute Gasteiger partial charge is 0.376 e. The van der Waals surface area contributed by atoms with Crippen molar-refractivity contribution in [3.63, 3.8) is 0 Å². The highest BCUT2D eigenvalue weighted by Crippen LogP contribution is 2.31. The van der Waals surface area contributed by atoms with Crippen LogP contribution in [-0.2, 0) is 7.05 Å². The Bertz CT molecular complexity index is 1040. The smallest absolute Gasteiger partial charge is 0.350 e. The Labute approximate surface area is 147 Å². The van der Waals surface area contributed by atoms with Gasteiger partial charge in [0.2, 0.25) is 5.82 Å². The zero-order valence-corrected chi connectivity index (χ0v) is 14.1. The van der Waals surface area contributed by atoms with Crippen LogP contribution >= 0.6 is 0 Å². The molecule has 1 aliphatic rings. The van der Waals surface area contributed by atoms with Crippen LogP contribution in [0.1, 0.15) is 24.6 Å². The van der Waals surface area contributed by atoms with E-state index in [4.69, 9.17) is 0 Å². The van der Waals surface area contributed by atoms with Crippen LogP contribution < -0.4 is 10.5 Å². The normalized spacial score (nSPS) is 17.6. The van der Waals surface area contributed by atoms with Gasteiger partial charge in [0.05, 0.1) is 4.92 Å². The van der Waals surface area contributed by atoms with E-state index in [-0.39, 0.29) is 11.7 Å². The number of pyridine rings is 1. The van der Waals surface area contributed by atoms with Crippen molar-refractivity contribution in [1.82, 2.24) is 24.1 Å². The number of fused-ring (bicyclic) bond motifs is 1. The number of rotatable bonds is 3. The SMILES string of the molecule is Cn1cnnc1C1CCCN(c2nc3ccccn3c(=O)c2[N+](=O)[O-])C1. The first-order chi connectivity index (χ1) is 12.6. The van der Waals surface area contributed by atoms with Crippen LogP contribution in [0.3, 0.4) is 0 Å². The average Bonchev–Trinajstić information content (AvgIpc) is 3.07. The van der Waals surface area contributed by atoms with Crippen LogP contribution in [0, 0.1) is 10.1 Å². The third-order valence-corrected chi connectivity index (χ3v) is 4.71. The second kappa shape index (κ2) is 6.21. The van der Waals surface area contributed by atoms with Gasteiger partial charge in [0.15, 0.2) is 0 Å². The summed E-state index contributed by atoms with van der Waals surface area (Å²) in [6.45, 7) is 1.10. The van der Waals surface area contributed by atoms with Crippen molar-refractivity contribution in [2.75, 3.05) is 18.0 Å². The highest BCUT2D eigenvalue weighted by molar-refractivity contribution is 5.61. The molecule has 0 aliphatic carbocycles. The molecule has 1 saturated heterocycles. The molecule has 1 atom stereocenters. The van der Waals surface area contributed by atoms with Crippen molar-refractivity contribution in [3.8, 4) is 0 Å². The quantitative estimate of drug-likeness (QED) is 0.511. The number of hydrogen-bond donors (Lipinski definition) is 0. The maximum Gasteiger partial charge on any atom is 0.376 e. The lowest BCUT2D eigenvalue weighted by molar-refractivity contribution is -0.385. The number of piperidine rings is 1. The Morgan fingerprint density at radius 1 is 1.35 bits per heavy atom. The molecular formula is C16H17N7O3. The first kappa shape index (κ1) is 16.2. The number of nitro groups is 1. The second-order valence-electron chi connectivity index (χ2n) is 6.36. The second-order valence-corrected chi connectivity index (χ2v) is 6.36. The van der Waals surface area contributed by atoms with Gasteiger partial charge in [-0.2, -0.15) is 0 Å². The van der Waals surface area contributed by atoms with Gasteiger partial charge in [-0.1, -0.05) is 6.07 Å². The predicted octanol–water partition coefficient (Wildman–Crippen LogP) is 1.12. The van der Waals surface area contributed by atoms with Crippen LogP contribution in [0.15, 0.2) is 35.5 Å². The molecule has 0 radical (unpaired) electrons. The summed E-state index contributed by atoms with van der Waals surface area (Å²) in [6, 6.07) is 5.05. The van der Waals surface area contributed by atoms with E-state index in [2.05, 4.69) is 15.2 Å². The third-order valence-electron chi connectivity index (χ3n) is 4.71. The first-order valence-corrected chi connectivity index (χ1v) is 8.31. The van der Waals surface area contributed by atoms with Crippen LogP contribution in [0.4, 0.5) is 11.5 Å². The van der Waals surface area contributed by atoms with Gasteiger partial charge in [0, 0.05) is 32.3 Å². The number of anilines is 1. The highest BCUT2D eigenvalue weighted by Gasteiger charge is 2.32. The van der Waals surface area contributed by atoms with E-state index in [0.29, 0.717) is 18.7 Å². The molecule has 4 heterocycles. The molecule has 3 aromatic rings. The van der Waals surface area contributed by atoms with Crippen molar-refractivity contribution in [2.24, 2.45) is 7.05 Å². The number of nitrogens with zero attached hydrogens (tertiary/aromatic N) is 7. The molecule has 0 amide bonds. The minimum atomic E-state index is -0.670. The maximum atomic E-state index is 12.6. The molecule has 0 aromatic carbocycles. The summed E-state index contributed by atoms with van der Waals surface area (Å²) in [7, 11) is 1.87. The fourth-order valence-electron chi connectivity index (χ4n) is 3.49. The summed E-state index contributed by atoms with van der Waals surface area (Å²) in [6.07, 6.45) is 4.85. The molecule has 1 aliphatic heterocycles. The molecule has 0 spiro atoms. The van der Waals surface area contributed by atoms with E-state index in [1.54, 1.807) is 24.5 Å². The summed E-state index contributed by atoms with van der Waals surface area (Å²) < 4.78 is 3.05. The molecule has 1 unspecified atom stereocenters. The Balaban J connectivity index is 1.80. The zero-order chi connectivity index (χ0) is 18.3. The van der Waals surface area contributed by atoms with Crippen LogP contribution in [0.25, 0.3) is 5.65 Å². The van der Waals surface area contributed by atoms with Gasteiger partial charge >= 0.3 is 11.2 Å². The number of aryl methyl sites for hydroxylation is 1. The van der Waals surface area contributed by atoms with E-state index in [9.17, 15) is 14.9 Å². The fraction of sp³-hybridized carbons (Fsp3) is 0.375. The van der Waals surface area contributed by atoms with E-state index >= 15 is 0 Å². The predicted molar refractivity (Wildman–Crippen MR) is 93.3 cm³/mol. The first-order valence-electron chi connectivity index (χ1n) is 8.31. The average molecular weight is 355 g/mol. The van der Waals surface area contributed by atoms with Crippen molar-refractivity contribution < 1.29 is 4.92 Å². The molecule has 26 heavy (non-hydrogen) atoms. The Hall–Kier alpha value is -3.30. The van der Waals surface area contributed by atoms with Gasteiger partial charge in [-0.05, 0) is 25.0 Å². The van der Waals surface area contributed by atoms with Crippen molar-refractivity contribution >= 4 is 17.2 Å². The molecule has 0 bridgehead atoms. The molecule has 134 valence electrons. The van der Waals surface area contributed by atoms with Gasteiger partial charge in [-0.15, -0.1) is 10.2 Å². The van der Waals surface area contributed by atoms with E-state index < -0.39 is 16.2 Å². The van der Waals surface area contributed by atoms with Crippen molar-refractivity contribution in [2.45, 2.75) is 18.8 Å². The molecule has 0 saturated carbocycles. The molecule has 10 nitrogen and oxygen atoms in total. The molecule has 1 fully saturated rings. The molecule has 3 aromatic heterocycles. The monoisotopic (exact) mass is 355 g/mol. The van der Waals surface area contributed by atoms with Gasteiger partial charge in [0.1, 0.15) is 17.8 Å². The lowest BCUT2D eigenvalue weighted by Gasteiger charge is -2.32. The molecule has 10 heteroatoms. The summed E-state index contributed by atoms with van der Waals surface area (Å²) in [5.41, 5.74) is -0.775. The van der Waals surface area contributed by atoms with Gasteiger partial charge < -0.3 is 9.47 Å². The van der Waals surface area contributed by atoms with Crippen LogP contribution in [0.2, 0.25) is 0 Å². The zero-order valence-electron chi connectivity index (χ0n) is 14.1. The lowest BCUT2D eigenvalue weighted by atomic mass is 9.97. The summed E-state index contributed by atoms with van der Waals surface area (Å²) in [4.78, 5) is 29.8. The van der Waals surface area contributed by atoms with Crippen molar-refractivity contribution in [3.05, 3.63) is 57.0 Å². The topological polar surface area (TPSA) is 111 Å². The van der Waals surface area contributed by atoms with Gasteiger partial charge in [-0.25, -0.2) is 4.98 Å². The van der Waals surface area contributed by atoms with E-state index in [0.717, 1.165) is 18.7 Å². The summed E-state index contributed by atoms with van der Waals surface area (Å²) >= 11 is 0. The minimum absolute atomic E-state index is 0.0758. The fourth-order valence-corrected chi connectivity index (χ4v) is 3.49. The van der Waals surface area contributed by atoms with E-state index in [1.807, 2.05) is 16.5 Å². The van der Waals surface area contributed by atoms with E-state index in [1.165, 1.54) is 10.6 Å². The Morgan fingerprint density at radius 3 is 2.92 bits per heavy atom. The van der Waals surface area contributed by atoms with Crippen LogP contribution in [0.5, 0.6) is 0 Å².